The van der Waals surface area contributed by atoms with E-state index in [0.29, 0.717) is 11.3 Å². The van der Waals surface area contributed by atoms with Crippen LogP contribution >= 0.6 is 21.6 Å². The number of hydrogen-bond donors (Lipinski definition) is 6. The number of nitrogens with one attached hydrogen (secondary N) is 2. The molecule has 1 aliphatic rings. The summed E-state index contributed by atoms with van der Waals surface area (Å²) < 4.78 is 56.7. The Bertz CT molecular complexity index is 2500. The number of piperazine rings is 1. The molecule has 0 aliphatic carbocycles. The van der Waals surface area contributed by atoms with Crippen molar-refractivity contribution in [3.63, 3.8) is 0 Å². The Labute approximate surface area is 429 Å². The van der Waals surface area contributed by atoms with Gasteiger partial charge in [0.25, 0.3) is 6.47 Å². The molecule has 25 nitrogen and oxygen atoms in total. The number of carbonyl (C=O) groups is 10. The molecule has 1 saturated heterocycles. The van der Waals surface area contributed by atoms with Crippen molar-refractivity contribution in [3.8, 4) is 0 Å². The summed E-state index contributed by atoms with van der Waals surface area (Å²) in [6.45, 7) is 0.999. The van der Waals surface area contributed by atoms with E-state index in [4.69, 9.17) is 15.0 Å². The van der Waals surface area contributed by atoms with Crippen molar-refractivity contribution in [1.29, 1.82) is 0 Å². The van der Waals surface area contributed by atoms with E-state index in [9.17, 15) is 75.0 Å². The van der Waals surface area contributed by atoms with Gasteiger partial charge in [-0.25, -0.2) is 36.8 Å². The van der Waals surface area contributed by atoms with Crippen LogP contribution in [0, 0.1) is 5.92 Å². The number of sulfonamides is 2. The summed E-state index contributed by atoms with van der Waals surface area (Å²) >= 11 is 0. The van der Waals surface area contributed by atoms with Gasteiger partial charge in [-0.1, -0.05) is 40.6 Å². The first-order chi connectivity index (χ1) is 34.4. The Morgan fingerprint density at radius 2 is 1.40 bits per heavy atom. The molecular weight excluding hydrogens is 1040 g/mol. The summed E-state index contributed by atoms with van der Waals surface area (Å²) in [5, 5.41) is 34.1. The second kappa shape index (κ2) is 30.5. The smallest absolute Gasteiger partial charge is 0.327 e. The van der Waals surface area contributed by atoms with Gasteiger partial charge in [0.2, 0.25) is 43.7 Å². The molecule has 0 spiro atoms. The third kappa shape index (κ3) is 22.6. The molecule has 4 amide bonds. The van der Waals surface area contributed by atoms with Gasteiger partial charge in [-0.05, 0) is 54.8 Å². The van der Waals surface area contributed by atoms with E-state index < -0.39 is 92.2 Å². The van der Waals surface area contributed by atoms with Gasteiger partial charge in [0, 0.05) is 62.8 Å². The number of primary sulfonamides is 2. The lowest BCUT2D eigenvalue weighted by atomic mass is 9.93. The Hall–Kier alpha value is -5.66. The van der Waals surface area contributed by atoms with Gasteiger partial charge in [-0.3, -0.25) is 53.0 Å². The van der Waals surface area contributed by atoms with Crippen molar-refractivity contribution in [2.45, 2.75) is 73.7 Å². The first-order valence-corrected chi connectivity index (χ1v) is 28.0. The molecule has 0 radical (unpaired) electrons. The van der Waals surface area contributed by atoms with E-state index in [-0.39, 0.29) is 130 Å². The molecule has 1 heterocycles. The number of carbonyl (C=O) groups excluding carboxylic acids is 8. The fourth-order valence-corrected chi connectivity index (χ4v) is 10.0. The van der Waals surface area contributed by atoms with E-state index in [1.165, 1.54) is 57.0 Å². The number of nitrogens with zero attached hydrogens (tertiary/aromatic N) is 3. The van der Waals surface area contributed by atoms with Crippen LogP contribution in [0.4, 0.5) is 5.69 Å². The van der Waals surface area contributed by atoms with Crippen LogP contribution in [0.2, 0.25) is 0 Å². The predicted molar refractivity (Wildman–Crippen MR) is 263 cm³/mol. The number of ether oxygens (including phenoxy) is 2. The zero-order chi connectivity index (χ0) is 54.3. The molecule has 3 rings (SSSR count). The molecule has 1 fully saturated rings. The van der Waals surface area contributed by atoms with Crippen molar-refractivity contribution >= 4 is 107 Å². The highest BCUT2D eigenvalue weighted by Gasteiger charge is 2.33. The van der Waals surface area contributed by atoms with Crippen LogP contribution in [0.5, 0.6) is 0 Å². The summed E-state index contributed by atoms with van der Waals surface area (Å²) in [7, 11) is -5.65. The first-order valence-electron chi connectivity index (χ1n) is 22.4. The second-order valence-corrected chi connectivity index (χ2v) is 22.2. The van der Waals surface area contributed by atoms with Crippen molar-refractivity contribution in [1.82, 2.24) is 20.4 Å². The van der Waals surface area contributed by atoms with Crippen molar-refractivity contribution in [3.05, 3.63) is 54.1 Å². The fraction of sp³-hybridized carbons (Fsp3) is 0.500. The predicted octanol–water partition coefficient (Wildman–Crippen LogP) is -0.905. The molecular formula is C44H59N7O18S4. The number of aliphatic carboxylic acids is 2. The summed E-state index contributed by atoms with van der Waals surface area (Å²) in [6.07, 6.45) is -1.49. The number of carboxylic acid groups (broad SMARTS) is 2. The third-order valence-corrected chi connectivity index (χ3v) is 15.0. The Kier molecular flexibility index (Phi) is 25.8. The number of benzene rings is 2. The molecule has 8 N–H and O–H groups in total. The van der Waals surface area contributed by atoms with Crippen LogP contribution in [-0.4, -0.2) is 179 Å². The molecule has 1 aliphatic heterocycles. The van der Waals surface area contributed by atoms with Crippen LogP contribution < -0.4 is 25.8 Å². The third-order valence-electron chi connectivity index (χ3n) is 10.7. The number of amides is 4. The minimum Gasteiger partial charge on any atom is -0.481 e. The molecule has 29 heteroatoms. The zero-order valence-electron chi connectivity index (χ0n) is 39.7. The van der Waals surface area contributed by atoms with Gasteiger partial charge in [0.15, 0.2) is 11.6 Å². The maximum atomic E-state index is 13.3. The minimum absolute atomic E-state index is 0.000377. The van der Waals surface area contributed by atoms with Crippen molar-refractivity contribution < 1.29 is 84.5 Å². The van der Waals surface area contributed by atoms with E-state index in [2.05, 4.69) is 15.4 Å². The summed E-state index contributed by atoms with van der Waals surface area (Å²) in [5.41, 5.74) is 0.615. The largest absolute Gasteiger partial charge is 0.481 e. The van der Waals surface area contributed by atoms with Gasteiger partial charge in [0.05, 0.1) is 60.7 Å². The highest BCUT2D eigenvalue weighted by atomic mass is 33.1. The molecule has 0 bridgehead atoms. The minimum atomic E-state index is -4.02. The number of ketones is 3. The number of rotatable bonds is 36. The topological polar surface area (TPSA) is 384 Å². The zero-order valence-corrected chi connectivity index (χ0v) is 43.0. The summed E-state index contributed by atoms with van der Waals surface area (Å²) in [5.74, 6) is -7.57. The van der Waals surface area contributed by atoms with Crippen LogP contribution in [-0.2, 0) is 83.9 Å². The average molecular weight is 1100 g/mol. The molecule has 0 unspecified atom stereocenters. The van der Waals surface area contributed by atoms with Crippen LogP contribution in [0.15, 0.2) is 58.3 Å². The van der Waals surface area contributed by atoms with Gasteiger partial charge in [-0.2, -0.15) is 0 Å². The number of nitrogens with two attached hydrogens (primary N) is 2. The molecule has 0 saturated carbocycles. The van der Waals surface area contributed by atoms with Gasteiger partial charge in [-0.15, -0.1) is 0 Å². The molecule has 2 aromatic carbocycles. The lowest BCUT2D eigenvalue weighted by molar-refractivity contribution is -0.143. The maximum Gasteiger partial charge on any atom is 0.327 e. The van der Waals surface area contributed by atoms with Crippen molar-refractivity contribution in [2.24, 2.45) is 16.2 Å². The lowest BCUT2D eigenvalue weighted by Crippen LogP contribution is -2.55. The average Bonchev–Trinajstić information content (AvgIpc) is 3.30. The Morgan fingerprint density at radius 1 is 0.795 bits per heavy atom. The SMILES string of the molecule is CC[C@H](CC(=O)[C@H](CC(=O)O)NC(=O)CCOCCCC(=O)CN(CCN1CC(=O)N(c2ccc(S(N)(=O)=O)cc2)C(=O)C1)CC(=O)Cc1ccc(S(N)(=O)=O)cc1)C(=O)N[C@@H](CSSCCOC=O)C(=O)O. The monoisotopic (exact) mass is 1100 g/mol. The molecule has 73 heavy (non-hydrogen) atoms. The second-order valence-electron chi connectivity index (χ2n) is 16.5. The molecule has 3 atom stereocenters. The normalized spacial score (nSPS) is 14.5. The van der Waals surface area contributed by atoms with E-state index in [1.807, 2.05) is 0 Å². The highest BCUT2D eigenvalue weighted by Crippen LogP contribution is 2.23. The standard InChI is InChI=1S/C44H59N7O18S4/c1-2-30(43(61)48-37(44(62)63)27-71-70-19-18-69-28-52)21-38(55)36(22-42(59)60)47-39(56)13-17-68-16-3-4-32(53)23-49(24-33(54)20-29-5-9-34(10-6-29)72(45,64)65)14-15-50-25-40(57)51(41(58)26-50)31-7-11-35(12-8-31)73(46,66)67/h5-12,28,30,36-37H,2-4,13-27H2,1H3,(H,47,56)(H,48,61)(H,59,60)(H,62,63)(H2,45,64,65)(H2,46,66,67)/t30-,36+,37+/m1/s1. The van der Waals surface area contributed by atoms with E-state index >= 15 is 0 Å². The van der Waals surface area contributed by atoms with Crippen LogP contribution in [0.3, 0.4) is 0 Å². The fourth-order valence-electron chi connectivity index (χ4n) is 7.01. The number of Topliss-reactive ketones (excluding diaryl/α,β-unsaturated/α-hetero) is 3. The number of anilines is 1. The first kappa shape index (κ1) is 61.6. The molecule has 402 valence electrons. The van der Waals surface area contributed by atoms with Gasteiger partial charge < -0.3 is 30.3 Å². The maximum absolute atomic E-state index is 13.3. The van der Waals surface area contributed by atoms with E-state index in [1.54, 1.807) is 6.92 Å². The number of carboxylic acids is 2. The number of imide groups is 1. The van der Waals surface area contributed by atoms with E-state index in [0.717, 1.165) is 27.8 Å². The molecule has 0 aromatic heterocycles. The van der Waals surface area contributed by atoms with Crippen LogP contribution in [0.25, 0.3) is 0 Å². The Morgan fingerprint density at radius 3 is 1.96 bits per heavy atom. The van der Waals surface area contributed by atoms with Crippen LogP contribution in [0.1, 0.15) is 51.0 Å². The quantitative estimate of drug-likeness (QED) is 0.0208. The summed E-state index contributed by atoms with van der Waals surface area (Å²) in [6, 6.07) is 7.42. The number of hydrogen-bond acceptors (Lipinski definition) is 20. The Balaban J connectivity index is 1.53. The van der Waals surface area contributed by atoms with Crippen molar-refractivity contribution in [2.75, 3.05) is 75.5 Å². The molecule has 2 aromatic rings. The van der Waals surface area contributed by atoms with Gasteiger partial charge >= 0.3 is 11.9 Å². The highest BCUT2D eigenvalue weighted by molar-refractivity contribution is 8.76. The lowest BCUT2D eigenvalue weighted by Gasteiger charge is -2.33. The van der Waals surface area contributed by atoms with Gasteiger partial charge in [0.1, 0.15) is 18.4 Å². The summed E-state index contributed by atoms with van der Waals surface area (Å²) in [4.78, 5) is 129.